The van der Waals surface area contributed by atoms with Crippen LogP contribution < -0.4 is 5.32 Å². The molecule has 14 heteroatoms. The third-order valence-corrected chi connectivity index (χ3v) is 15.6. The smallest absolute Gasteiger partial charge is 0.303 e. The van der Waals surface area contributed by atoms with Gasteiger partial charge in [-0.3, -0.25) is 10.1 Å². The molecule has 60 heavy (non-hydrogen) atoms. The fourth-order valence-electron chi connectivity index (χ4n) is 12.4. The van der Waals surface area contributed by atoms with Gasteiger partial charge in [0, 0.05) is 69.7 Å². The summed E-state index contributed by atoms with van der Waals surface area (Å²) in [6.45, 7) is 16.1. The molecule has 8 saturated heterocycles. The zero-order valence-corrected chi connectivity index (χ0v) is 36.0. The molecule has 0 saturated carbocycles. The summed E-state index contributed by atoms with van der Waals surface area (Å²) in [7, 11) is 0. The van der Waals surface area contributed by atoms with E-state index in [1.165, 1.54) is 0 Å². The Labute approximate surface area is 354 Å². The van der Waals surface area contributed by atoms with Gasteiger partial charge in [0.2, 0.25) is 0 Å². The Morgan fingerprint density at radius 2 is 1.70 bits per heavy atom. The van der Waals surface area contributed by atoms with Crippen LogP contribution in [0.4, 0.5) is 0 Å². The van der Waals surface area contributed by atoms with Crippen LogP contribution in [-0.2, 0) is 42.7 Å². The highest BCUT2D eigenvalue weighted by Gasteiger charge is 2.64. The van der Waals surface area contributed by atoms with Crippen molar-refractivity contribution >= 4 is 5.97 Å². The maximum absolute atomic E-state index is 12.2. The molecule has 5 N–H and O–H groups in total. The first-order valence-electron chi connectivity index (χ1n) is 22.9. The van der Waals surface area contributed by atoms with Crippen LogP contribution in [0, 0.1) is 29.6 Å². The first-order valence-corrected chi connectivity index (χ1v) is 22.9. The van der Waals surface area contributed by atoms with E-state index in [9.17, 15) is 20.1 Å². The molecule has 3 spiro atoms. The number of carboxylic acid groups (broad SMARTS) is 1. The van der Waals surface area contributed by atoms with E-state index < -0.39 is 71.3 Å². The molecule has 8 fully saturated rings. The maximum atomic E-state index is 12.2. The molecule has 0 amide bonds. The molecule has 20 atom stereocenters. The number of nitrogens with one attached hydrogen (secondary N) is 1. The topological polar surface area (TPSA) is 184 Å². The largest absolute Gasteiger partial charge is 0.481 e. The lowest BCUT2D eigenvalue weighted by Gasteiger charge is -2.53. The van der Waals surface area contributed by atoms with Gasteiger partial charge in [0.05, 0.1) is 48.8 Å². The Morgan fingerprint density at radius 3 is 2.48 bits per heavy atom. The van der Waals surface area contributed by atoms with E-state index in [1.54, 1.807) is 0 Å². The number of aliphatic carboxylic acids is 1. The minimum Gasteiger partial charge on any atom is -0.481 e. The zero-order chi connectivity index (χ0) is 42.4. The van der Waals surface area contributed by atoms with Crippen LogP contribution in [0.25, 0.3) is 0 Å². The Morgan fingerprint density at radius 1 is 0.900 bits per heavy atom. The summed E-state index contributed by atoms with van der Waals surface area (Å²) >= 11 is 0. The van der Waals surface area contributed by atoms with E-state index in [0.29, 0.717) is 74.7 Å². The van der Waals surface area contributed by atoms with Crippen LogP contribution in [0.5, 0.6) is 0 Å². The standard InChI is InChI=1S/C46H69NO13/c1-25-17-35-40-37(23-44(58-40)28(4)16-26(2)24-47-44)56-43(20-25,55-35)21-27(3)39-30(6)32(48)22-45(52,59-39)41(51)36-19-34-33(53-36)18-29(5)46(57-34)15-14-42(60-46)13-9-11-31(54-42)10-7-8-12-38(49)50/h7,9-10,13,25-26,28-37,39-41,47-48,51-52H,3,8,11-12,14-24H2,1-2,4-6H3,(H,49,50)/b10-7+/t25-,26+,28-,29+,30+,31-,32+,33+,34+,35+,36-,37+,39-,40+,41+,42+,43-,44-,45-,46-/m1/s1. The van der Waals surface area contributed by atoms with Gasteiger partial charge in [0.1, 0.15) is 17.9 Å². The fourth-order valence-corrected chi connectivity index (χ4v) is 12.4. The van der Waals surface area contributed by atoms with Crippen LogP contribution in [0.3, 0.4) is 0 Å². The molecule has 0 aromatic carbocycles. The first kappa shape index (κ1) is 43.5. The number of rotatable bonds is 9. The predicted molar refractivity (Wildman–Crippen MR) is 216 cm³/mol. The maximum Gasteiger partial charge on any atom is 0.303 e. The van der Waals surface area contributed by atoms with E-state index in [-0.39, 0.29) is 49.3 Å². The van der Waals surface area contributed by atoms with Gasteiger partial charge in [-0.25, -0.2) is 0 Å². The Balaban J connectivity index is 0.846. The Hall–Kier alpha value is -1.79. The number of piperidine rings is 1. The van der Waals surface area contributed by atoms with Crippen LogP contribution >= 0.6 is 0 Å². The van der Waals surface area contributed by atoms with Crippen molar-refractivity contribution in [2.24, 2.45) is 29.6 Å². The van der Waals surface area contributed by atoms with Gasteiger partial charge in [-0.05, 0) is 61.5 Å². The number of aliphatic hydroxyl groups is 3. The molecule has 9 heterocycles. The molecular formula is C46H69NO13. The number of carbonyl (C=O) groups is 1. The Kier molecular flexibility index (Phi) is 11.6. The Bertz CT molecular complexity index is 1690. The van der Waals surface area contributed by atoms with Gasteiger partial charge < -0.3 is 58.3 Å². The lowest BCUT2D eigenvalue weighted by Crippen LogP contribution is -2.61. The van der Waals surface area contributed by atoms with Crippen molar-refractivity contribution in [1.29, 1.82) is 0 Å². The molecule has 9 aliphatic heterocycles. The number of allylic oxidation sites excluding steroid dienone is 1. The summed E-state index contributed by atoms with van der Waals surface area (Å²) in [5, 5.41) is 48.3. The zero-order valence-electron chi connectivity index (χ0n) is 36.0. The summed E-state index contributed by atoms with van der Waals surface area (Å²) in [5.41, 5.74) is 0.196. The van der Waals surface area contributed by atoms with Crippen LogP contribution in [0.2, 0.25) is 0 Å². The number of aliphatic hydroxyl groups excluding tert-OH is 2. The van der Waals surface area contributed by atoms with Crippen molar-refractivity contribution in [2.75, 3.05) is 6.54 Å². The fraction of sp³-hybridized carbons (Fsp3) is 0.848. The highest BCUT2D eigenvalue weighted by molar-refractivity contribution is 5.66. The van der Waals surface area contributed by atoms with Crippen LogP contribution in [0.15, 0.2) is 36.5 Å². The van der Waals surface area contributed by atoms with Crippen molar-refractivity contribution in [2.45, 2.75) is 208 Å². The second-order valence-corrected chi connectivity index (χ2v) is 20.5. The van der Waals surface area contributed by atoms with Crippen molar-refractivity contribution in [1.82, 2.24) is 5.32 Å². The van der Waals surface area contributed by atoms with Gasteiger partial charge in [-0.1, -0.05) is 59.4 Å². The lowest BCUT2D eigenvalue weighted by molar-refractivity contribution is -0.367. The van der Waals surface area contributed by atoms with Gasteiger partial charge in [0.25, 0.3) is 0 Å². The van der Waals surface area contributed by atoms with Gasteiger partial charge in [-0.15, -0.1) is 0 Å². The highest BCUT2D eigenvalue weighted by atomic mass is 16.8. The van der Waals surface area contributed by atoms with Gasteiger partial charge >= 0.3 is 5.97 Å². The molecule has 0 aliphatic carbocycles. The number of fused-ring (bicyclic) bond motifs is 5. The molecule has 336 valence electrons. The second kappa shape index (κ2) is 16.0. The first-order chi connectivity index (χ1) is 28.4. The quantitative estimate of drug-likeness (QED) is 0.196. The minimum absolute atomic E-state index is 0.0600. The van der Waals surface area contributed by atoms with Crippen molar-refractivity contribution in [3.05, 3.63) is 36.5 Å². The van der Waals surface area contributed by atoms with Gasteiger partial charge in [0.15, 0.2) is 23.1 Å². The highest BCUT2D eigenvalue weighted by Crippen LogP contribution is 2.55. The number of hydrogen-bond acceptors (Lipinski definition) is 13. The van der Waals surface area contributed by atoms with Crippen molar-refractivity contribution < 1.29 is 63.1 Å². The van der Waals surface area contributed by atoms with Crippen LogP contribution in [-0.4, -0.2) is 123 Å². The molecule has 0 unspecified atom stereocenters. The number of hydrogen-bond donors (Lipinski definition) is 5. The summed E-state index contributed by atoms with van der Waals surface area (Å²) in [4.78, 5) is 10.9. The number of carboxylic acids is 1. The van der Waals surface area contributed by atoms with E-state index in [1.807, 2.05) is 31.2 Å². The van der Waals surface area contributed by atoms with E-state index in [4.69, 9.17) is 43.0 Å². The molecule has 0 aromatic heterocycles. The molecular weight excluding hydrogens is 775 g/mol. The minimum atomic E-state index is -2.12. The SMILES string of the molecule is C=C(C[C@]12C[C@H](C)C[C@H](O1)[C@@H]1O[C@@]3(C[C@@H]1O2)NC[C@@H](C)C[C@H]3C)[C@H]1O[C@@](O)([C@@H](O)[C@H]2C[C@@H]3O[C@@]4(CC[C@]5(C=CC[C@@H](/C=C/CCC(=O)O)O5)O4)[C@@H](C)C[C@@H]3O2)C[C@H](O)[C@@H]1C. The van der Waals surface area contributed by atoms with E-state index in [0.717, 1.165) is 25.8 Å². The molecule has 9 aliphatic rings. The van der Waals surface area contributed by atoms with E-state index in [2.05, 4.69) is 39.6 Å². The summed E-state index contributed by atoms with van der Waals surface area (Å²) in [6, 6.07) is 0. The summed E-state index contributed by atoms with van der Waals surface area (Å²) in [5.74, 6) is -5.03. The molecule has 0 aromatic rings. The normalized spacial score (nSPS) is 52.9. The molecule has 2 bridgehead atoms. The molecule has 9 rings (SSSR count). The monoisotopic (exact) mass is 843 g/mol. The summed E-state index contributed by atoms with van der Waals surface area (Å²) < 4.78 is 53.6. The predicted octanol–water partition coefficient (Wildman–Crippen LogP) is 4.98. The third kappa shape index (κ3) is 7.91. The van der Waals surface area contributed by atoms with Crippen molar-refractivity contribution in [3.8, 4) is 0 Å². The average Bonchev–Trinajstić information content (AvgIpc) is 3.87. The van der Waals surface area contributed by atoms with Crippen LogP contribution in [0.1, 0.15) is 118 Å². The van der Waals surface area contributed by atoms with Crippen molar-refractivity contribution in [3.63, 3.8) is 0 Å². The van der Waals surface area contributed by atoms with E-state index >= 15 is 0 Å². The number of ether oxygens (including phenoxy) is 8. The molecule has 14 nitrogen and oxygen atoms in total. The van der Waals surface area contributed by atoms with Gasteiger partial charge in [-0.2, -0.15) is 0 Å². The second-order valence-electron chi connectivity index (χ2n) is 20.5. The summed E-state index contributed by atoms with van der Waals surface area (Å²) in [6.07, 6.45) is 9.04. The lowest BCUT2D eigenvalue weighted by atomic mass is 9.78. The molecule has 0 radical (unpaired) electrons. The average molecular weight is 844 g/mol. The third-order valence-electron chi connectivity index (χ3n) is 15.6.